The smallest absolute Gasteiger partial charge is 0.153 e. The molecule has 0 radical (unpaired) electrons. The van der Waals surface area contributed by atoms with Crippen molar-refractivity contribution in [1.29, 1.82) is 0 Å². The van der Waals surface area contributed by atoms with E-state index in [0.29, 0.717) is 11.3 Å². The van der Waals surface area contributed by atoms with Gasteiger partial charge in [-0.15, -0.1) is 0 Å². The summed E-state index contributed by atoms with van der Waals surface area (Å²) in [5.41, 5.74) is 1.34. The lowest BCUT2D eigenvalue weighted by atomic mass is 10.2. The highest BCUT2D eigenvalue weighted by atomic mass is 19.1. The summed E-state index contributed by atoms with van der Waals surface area (Å²) in [6, 6.07) is 3.25. The van der Waals surface area contributed by atoms with Gasteiger partial charge in [-0.25, -0.2) is 14.4 Å². The molecule has 14 heavy (non-hydrogen) atoms. The normalized spacial score (nSPS) is 10.1. The molecule has 0 aliphatic rings. The lowest BCUT2D eigenvalue weighted by molar-refractivity contribution is 0.615. The highest BCUT2D eigenvalue weighted by Crippen LogP contribution is 2.18. The van der Waals surface area contributed by atoms with Crippen molar-refractivity contribution in [1.82, 2.24) is 15.0 Å². The predicted octanol–water partition coefficient (Wildman–Crippen LogP) is 1.99. The fourth-order valence-electron chi connectivity index (χ4n) is 1.15. The number of rotatable bonds is 1. The van der Waals surface area contributed by atoms with Gasteiger partial charge in [0.05, 0.1) is 5.69 Å². The topological polar surface area (TPSA) is 38.7 Å². The number of aromatic nitrogens is 3. The van der Waals surface area contributed by atoms with E-state index < -0.39 is 0 Å². The summed E-state index contributed by atoms with van der Waals surface area (Å²) in [5.74, 6) is -0.328. The van der Waals surface area contributed by atoms with E-state index >= 15 is 0 Å². The summed E-state index contributed by atoms with van der Waals surface area (Å²) < 4.78 is 13.6. The van der Waals surface area contributed by atoms with Crippen LogP contribution in [0.25, 0.3) is 11.4 Å². The summed E-state index contributed by atoms with van der Waals surface area (Å²) in [7, 11) is 0. The lowest BCUT2D eigenvalue weighted by Crippen LogP contribution is -1.94. The molecule has 0 aliphatic heterocycles. The van der Waals surface area contributed by atoms with Gasteiger partial charge in [0.1, 0.15) is 12.0 Å². The van der Waals surface area contributed by atoms with E-state index in [4.69, 9.17) is 0 Å². The maximum Gasteiger partial charge on any atom is 0.153 e. The SMILES string of the molecule is Cc1ccnc(-c2ccncn2)c1F. The van der Waals surface area contributed by atoms with E-state index in [1.807, 2.05) is 0 Å². The number of hydrogen-bond donors (Lipinski definition) is 0. The van der Waals surface area contributed by atoms with E-state index in [1.165, 1.54) is 6.33 Å². The van der Waals surface area contributed by atoms with Crippen molar-refractivity contribution in [2.75, 3.05) is 0 Å². The molecule has 0 saturated heterocycles. The zero-order chi connectivity index (χ0) is 9.97. The minimum absolute atomic E-state index is 0.271. The fourth-order valence-corrected chi connectivity index (χ4v) is 1.15. The third kappa shape index (κ3) is 1.46. The van der Waals surface area contributed by atoms with Gasteiger partial charge in [0, 0.05) is 12.4 Å². The molecule has 0 aliphatic carbocycles. The summed E-state index contributed by atoms with van der Waals surface area (Å²) >= 11 is 0. The minimum Gasteiger partial charge on any atom is -0.251 e. The highest BCUT2D eigenvalue weighted by Gasteiger charge is 2.08. The van der Waals surface area contributed by atoms with Gasteiger partial charge in [-0.3, -0.25) is 4.98 Å². The molecule has 0 unspecified atom stereocenters. The Morgan fingerprint density at radius 2 is 2.00 bits per heavy atom. The number of halogens is 1. The number of aryl methyl sites for hydroxylation is 1. The van der Waals surface area contributed by atoms with Gasteiger partial charge < -0.3 is 0 Å². The quantitative estimate of drug-likeness (QED) is 0.688. The molecule has 2 aromatic rings. The summed E-state index contributed by atoms with van der Waals surface area (Å²) in [6.07, 6.45) is 4.50. The van der Waals surface area contributed by atoms with Crippen molar-refractivity contribution in [3.63, 3.8) is 0 Å². The number of hydrogen-bond acceptors (Lipinski definition) is 3. The number of pyridine rings is 1. The molecule has 2 heterocycles. The van der Waals surface area contributed by atoms with E-state index in [1.54, 1.807) is 31.5 Å². The van der Waals surface area contributed by atoms with Crippen LogP contribution in [0.3, 0.4) is 0 Å². The van der Waals surface area contributed by atoms with Crippen molar-refractivity contribution in [2.45, 2.75) is 6.92 Å². The highest BCUT2D eigenvalue weighted by molar-refractivity contribution is 5.54. The van der Waals surface area contributed by atoms with Crippen LogP contribution in [-0.2, 0) is 0 Å². The van der Waals surface area contributed by atoms with Crippen molar-refractivity contribution >= 4 is 0 Å². The summed E-state index contributed by atoms with van der Waals surface area (Å²) in [4.78, 5) is 11.6. The molecule has 70 valence electrons. The molecule has 0 bridgehead atoms. The Bertz CT molecular complexity index is 442. The Morgan fingerprint density at radius 1 is 1.14 bits per heavy atom. The van der Waals surface area contributed by atoms with Crippen LogP contribution in [-0.4, -0.2) is 15.0 Å². The second-order valence-corrected chi connectivity index (χ2v) is 2.89. The Labute approximate surface area is 80.7 Å². The molecule has 0 atom stereocenters. The summed E-state index contributed by atoms with van der Waals surface area (Å²) in [5, 5.41) is 0. The van der Waals surface area contributed by atoms with Gasteiger partial charge >= 0.3 is 0 Å². The van der Waals surface area contributed by atoms with Gasteiger partial charge in [-0.2, -0.15) is 0 Å². The second kappa shape index (κ2) is 3.49. The Morgan fingerprint density at radius 3 is 2.71 bits per heavy atom. The van der Waals surface area contributed by atoms with Crippen LogP contribution in [0, 0.1) is 12.7 Å². The standard InChI is InChI=1S/C10H8FN3/c1-7-2-5-13-10(9(7)11)8-3-4-12-6-14-8/h2-6H,1H3. The van der Waals surface area contributed by atoms with Gasteiger partial charge in [0.2, 0.25) is 0 Å². The molecule has 2 aromatic heterocycles. The third-order valence-electron chi connectivity index (χ3n) is 1.91. The summed E-state index contributed by atoms with van der Waals surface area (Å²) in [6.45, 7) is 1.70. The van der Waals surface area contributed by atoms with Gasteiger partial charge in [0.25, 0.3) is 0 Å². The van der Waals surface area contributed by atoms with Crippen LogP contribution >= 0.6 is 0 Å². The first kappa shape index (κ1) is 8.74. The molecule has 0 amide bonds. The van der Waals surface area contributed by atoms with Crippen LogP contribution < -0.4 is 0 Å². The lowest BCUT2D eigenvalue weighted by Gasteiger charge is -2.02. The van der Waals surface area contributed by atoms with Crippen LogP contribution in [0.15, 0.2) is 30.9 Å². The monoisotopic (exact) mass is 189 g/mol. The van der Waals surface area contributed by atoms with Crippen molar-refractivity contribution in [3.05, 3.63) is 42.2 Å². The van der Waals surface area contributed by atoms with E-state index in [0.717, 1.165) is 0 Å². The minimum atomic E-state index is -0.328. The molecule has 0 spiro atoms. The molecule has 3 nitrogen and oxygen atoms in total. The zero-order valence-electron chi connectivity index (χ0n) is 7.61. The fraction of sp³-hybridized carbons (Fsp3) is 0.100. The van der Waals surface area contributed by atoms with Gasteiger partial charge in [-0.1, -0.05) is 0 Å². The second-order valence-electron chi connectivity index (χ2n) is 2.89. The van der Waals surface area contributed by atoms with E-state index in [2.05, 4.69) is 15.0 Å². The molecule has 0 saturated carbocycles. The van der Waals surface area contributed by atoms with Crippen LogP contribution in [0.2, 0.25) is 0 Å². The first-order chi connectivity index (χ1) is 6.79. The Hall–Kier alpha value is -1.84. The average Bonchev–Trinajstić information content (AvgIpc) is 2.23. The average molecular weight is 189 g/mol. The molecule has 0 N–H and O–H groups in total. The van der Waals surface area contributed by atoms with Gasteiger partial charge in [0.15, 0.2) is 5.82 Å². The number of nitrogens with zero attached hydrogens (tertiary/aromatic N) is 3. The molecule has 4 heteroatoms. The van der Waals surface area contributed by atoms with Crippen molar-refractivity contribution in [3.8, 4) is 11.4 Å². The van der Waals surface area contributed by atoms with Crippen LogP contribution in [0.5, 0.6) is 0 Å². The van der Waals surface area contributed by atoms with Crippen LogP contribution in [0.1, 0.15) is 5.56 Å². The Kier molecular flexibility index (Phi) is 2.18. The van der Waals surface area contributed by atoms with E-state index in [9.17, 15) is 4.39 Å². The molecular formula is C10H8FN3. The van der Waals surface area contributed by atoms with Crippen LogP contribution in [0.4, 0.5) is 4.39 Å². The van der Waals surface area contributed by atoms with Gasteiger partial charge in [-0.05, 0) is 24.6 Å². The first-order valence-electron chi connectivity index (χ1n) is 4.16. The molecule has 0 fully saturated rings. The maximum absolute atomic E-state index is 13.6. The van der Waals surface area contributed by atoms with E-state index in [-0.39, 0.29) is 11.5 Å². The maximum atomic E-state index is 13.6. The molecular weight excluding hydrogens is 181 g/mol. The molecule has 0 aromatic carbocycles. The third-order valence-corrected chi connectivity index (χ3v) is 1.91. The Balaban J connectivity index is 2.58. The zero-order valence-corrected chi connectivity index (χ0v) is 7.61. The van der Waals surface area contributed by atoms with Crippen molar-refractivity contribution in [2.24, 2.45) is 0 Å². The largest absolute Gasteiger partial charge is 0.251 e. The molecule has 2 rings (SSSR count). The first-order valence-corrected chi connectivity index (χ1v) is 4.16. The van der Waals surface area contributed by atoms with Crippen molar-refractivity contribution < 1.29 is 4.39 Å². The predicted molar refractivity (Wildman–Crippen MR) is 50.0 cm³/mol.